The van der Waals surface area contributed by atoms with Gasteiger partial charge < -0.3 is 0 Å². The first-order valence-electron chi connectivity index (χ1n) is 10.5. The first-order chi connectivity index (χ1) is 12.7. The van der Waals surface area contributed by atoms with Crippen LogP contribution in [0.2, 0.25) is 10.4 Å². The zero-order chi connectivity index (χ0) is 19.7. The van der Waals surface area contributed by atoms with E-state index in [-0.39, 0.29) is 29.9 Å². The van der Waals surface area contributed by atoms with Crippen molar-refractivity contribution < 1.29 is 23.7 Å². The molecule has 3 rings (SSSR count). The molecule has 3 fully saturated rings. The molecule has 0 amide bonds. The Morgan fingerprint density at radius 2 is 1.48 bits per heavy atom. The van der Waals surface area contributed by atoms with Gasteiger partial charge in [-0.2, -0.15) is 0 Å². The molecule has 0 bridgehead atoms. The molecule has 7 heteroatoms. The van der Waals surface area contributed by atoms with Crippen molar-refractivity contribution in [2.75, 3.05) is 6.61 Å². The molecule has 3 aliphatic rings. The van der Waals surface area contributed by atoms with Crippen LogP contribution in [-0.4, -0.2) is 61.5 Å². The van der Waals surface area contributed by atoms with Gasteiger partial charge in [0.15, 0.2) is 0 Å². The minimum atomic E-state index is -0.997. The van der Waals surface area contributed by atoms with Gasteiger partial charge in [0.25, 0.3) is 0 Å². The van der Waals surface area contributed by atoms with Crippen molar-refractivity contribution in [3.63, 3.8) is 0 Å². The normalized spacial score (nSPS) is 37.2. The Balaban J connectivity index is 1.69. The van der Waals surface area contributed by atoms with E-state index in [9.17, 15) is 0 Å². The Morgan fingerprint density at radius 3 is 2.04 bits per heavy atom. The van der Waals surface area contributed by atoms with E-state index < -0.39 is 25.1 Å². The van der Waals surface area contributed by atoms with E-state index in [4.69, 9.17) is 23.7 Å². The number of unbranched alkanes of at least 4 members (excludes halogenated alkanes) is 2. The second-order valence-corrected chi connectivity index (χ2v) is 17.2. The predicted molar refractivity (Wildman–Crippen MR) is 110 cm³/mol. The van der Waals surface area contributed by atoms with Crippen molar-refractivity contribution in [1.82, 2.24) is 0 Å². The molecule has 0 radical (unpaired) electrons. The second-order valence-electron chi connectivity index (χ2n) is 8.64. The van der Waals surface area contributed by atoms with Crippen LogP contribution in [0, 0.1) is 0 Å². The molecule has 158 valence electrons. The van der Waals surface area contributed by atoms with Crippen molar-refractivity contribution in [2.24, 2.45) is 0 Å². The van der Waals surface area contributed by atoms with Gasteiger partial charge in [0.2, 0.25) is 0 Å². The number of hydrogen-bond donors (Lipinski definition) is 0. The van der Waals surface area contributed by atoms with Gasteiger partial charge in [0.1, 0.15) is 0 Å². The van der Waals surface area contributed by atoms with Gasteiger partial charge in [-0.3, -0.25) is 0 Å². The van der Waals surface area contributed by atoms with Crippen molar-refractivity contribution in [2.45, 2.75) is 119 Å². The topological polar surface area (TPSA) is 46.2 Å². The second kappa shape index (κ2) is 9.24. The Hall–Kier alpha value is 0.708. The summed E-state index contributed by atoms with van der Waals surface area (Å²) in [4.78, 5) is 0. The van der Waals surface area contributed by atoms with Crippen LogP contribution < -0.4 is 0 Å². The Morgan fingerprint density at radius 1 is 0.852 bits per heavy atom. The Labute approximate surface area is 172 Å². The van der Waals surface area contributed by atoms with Crippen LogP contribution in [0.3, 0.4) is 0 Å². The maximum atomic E-state index is 6.53. The molecule has 3 aliphatic heterocycles. The van der Waals surface area contributed by atoms with E-state index in [0.29, 0.717) is 6.61 Å². The predicted octanol–water partition coefficient (Wildman–Crippen LogP) is 4.71. The fourth-order valence-electron chi connectivity index (χ4n) is 3.89. The molecule has 0 aromatic carbocycles. The summed E-state index contributed by atoms with van der Waals surface area (Å²) < 4.78 is 31.0. The summed E-state index contributed by atoms with van der Waals surface area (Å²) >= 11 is -0.997. The molecule has 0 N–H and O–H groups in total. The number of hydrogen-bond acceptors (Lipinski definition) is 6. The van der Waals surface area contributed by atoms with Crippen molar-refractivity contribution in [3.8, 4) is 0 Å². The van der Waals surface area contributed by atoms with Crippen molar-refractivity contribution in [3.05, 3.63) is 0 Å². The molecule has 0 spiro atoms. The van der Waals surface area contributed by atoms with E-state index in [1.54, 1.807) is 0 Å². The molecule has 0 aromatic rings. The fraction of sp³-hybridized carbons (Fsp3) is 1.00. The number of ether oxygens (including phenoxy) is 5. The summed E-state index contributed by atoms with van der Waals surface area (Å²) in [5, 5.41) is 2.77. The molecule has 0 saturated carbocycles. The molecule has 3 heterocycles. The van der Waals surface area contributed by atoms with Gasteiger partial charge in [-0.1, -0.05) is 0 Å². The molecule has 27 heavy (non-hydrogen) atoms. The third kappa shape index (κ3) is 5.65. The Kier molecular flexibility index (Phi) is 7.66. The standard InChI is InChI=1S/C20H37AsO5S/c1-7-9-11-21(12-10-8-2)27-18-17-16(25-20(5,6)26-17)15(23-18)14-13-22-19(3,4)24-14/h14-18H,7-13H2,1-6H3. The van der Waals surface area contributed by atoms with Crippen LogP contribution in [0.1, 0.15) is 67.2 Å². The van der Waals surface area contributed by atoms with Crippen LogP contribution in [0.15, 0.2) is 0 Å². The van der Waals surface area contributed by atoms with Gasteiger partial charge in [0, 0.05) is 0 Å². The van der Waals surface area contributed by atoms with E-state index in [1.807, 2.05) is 27.7 Å². The molecule has 0 aliphatic carbocycles. The average molecular weight is 465 g/mol. The summed E-state index contributed by atoms with van der Waals surface area (Å²) in [5.41, 5.74) is 0.0581. The van der Waals surface area contributed by atoms with Gasteiger partial charge in [-0.05, 0) is 0 Å². The quantitative estimate of drug-likeness (QED) is 0.461. The molecule has 3 saturated heterocycles. The molecular formula is C20H37AsO5S. The molecular weight excluding hydrogens is 427 g/mol. The zero-order valence-corrected chi connectivity index (χ0v) is 20.4. The number of rotatable bonds is 9. The molecule has 0 aromatic heterocycles. The molecule has 5 nitrogen and oxygen atoms in total. The van der Waals surface area contributed by atoms with Crippen molar-refractivity contribution in [1.29, 1.82) is 0 Å². The van der Waals surface area contributed by atoms with Gasteiger partial charge in [-0.25, -0.2) is 0 Å². The summed E-state index contributed by atoms with van der Waals surface area (Å²) in [6.45, 7) is 13.0. The molecule has 5 unspecified atom stereocenters. The van der Waals surface area contributed by atoms with Crippen molar-refractivity contribution >= 4 is 23.5 Å². The zero-order valence-electron chi connectivity index (χ0n) is 17.7. The van der Waals surface area contributed by atoms with Crippen LogP contribution in [-0.2, 0) is 23.7 Å². The number of fused-ring (bicyclic) bond motifs is 1. The maximum absolute atomic E-state index is 6.53. The van der Waals surface area contributed by atoms with Crippen LogP contribution in [0.4, 0.5) is 0 Å². The summed E-state index contributed by atoms with van der Waals surface area (Å²) in [6, 6.07) is 0. The van der Waals surface area contributed by atoms with Gasteiger partial charge >= 0.3 is 173 Å². The van der Waals surface area contributed by atoms with E-state index in [0.717, 1.165) is 0 Å². The van der Waals surface area contributed by atoms with Crippen LogP contribution >= 0.6 is 10.0 Å². The molecule has 5 atom stereocenters. The third-order valence-electron chi connectivity index (χ3n) is 5.22. The monoisotopic (exact) mass is 464 g/mol. The fourth-order valence-corrected chi connectivity index (χ4v) is 13.8. The van der Waals surface area contributed by atoms with Crippen LogP contribution in [0.5, 0.6) is 0 Å². The van der Waals surface area contributed by atoms with Gasteiger partial charge in [0.05, 0.1) is 0 Å². The SMILES string of the molecule is CCCC[As](CCCC)SC1OC(C2COC(C)(C)O2)C2OC(C)(C)OC12. The Bertz CT molecular complexity index is 479. The van der Waals surface area contributed by atoms with Gasteiger partial charge in [-0.15, -0.1) is 0 Å². The summed E-state index contributed by atoms with van der Waals surface area (Å²) in [5.74, 6) is -1.11. The van der Waals surface area contributed by atoms with E-state index >= 15 is 0 Å². The van der Waals surface area contributed by atoms with E-state index in [1.165, 1.54) is 36.1 Å². The minimum absolute atomic E-state index is 0.0116. The first-order valence-corrected chi connectivity index (χ1v) is 16.3. The summed E-state index contributed by atoms with van der Waals surface area (Å²) in [6.07, 6.45) is 4.90. The first kappa shape index (κ1) is 22.4. The summed E-state index contributed by atoms with van der Waals surface area (Å²) in [7, 11) is 2.09. The van der Waals surface area contributed by atoms with Crippen LogP contribution in [0.25, 0.3) is 0 Å². The van der Waals surface area contributed by atoms with E-state index in [2.05, 4.69) is 23.9 Å². The average Bonchev–Trinajstić information content (AvgIpc) is 3.21. The third-order valence-corrected chi connectivity index (χ3v) is 14.6.